The Morgan fingerprint density at radius 2 is 1.68 bits per heavy atom. The van der Waals surface area contributed by atoms with E-state index in [9.17, 15) is 13.6 Å². The van der Waals surface area contributed by atoms with Crippen molar-refractivity contribution in [3.8, 4) is 0 Å². The van der Waals surface area contributed by atoms with Crippen molar-refractivity contribution in [1.29, 1.82) is 0 Å². The molecule has 0 aliphatic carbocycles. The summed E-state index contributed by atoms with van der Waals surface area (Å²) >= 11 is 0. The first kappa shape index (κ1) is 14.7. The van der Waals surface area contributed by atoms with Gasteiger partial charge >= 0.3 is 0 Å². The summed E-state index contributed by atoms with van der Waals surface area (Å²) in [6, 6.07) is 13.6. The van der Waals surface area contributed by atoms with E-state index in [0.717, 1.165) is 12.8 Å². The summed E-state index contributed by atoms with van der Waals surface area (Å²) in [5, 5.41) is 0. The standard InChI is InChI=1S/C18H17F2NO/c19-15-7-4-8-16(20)18(15)21-12-14(9-10-17(21)22)11-13-5-2-1-3-6-13/h1-8,14H,9-12H2. The molecular weight excluding hydrogens is 284 g/mol. The second-order valence-corrected chi connectivity index (χ2v) is 5.67. The van der Waals surface area contributed by atoms with E-state index in [1.165, 1.54) is 28.7 Å². The van der Waals surface area contributed by atoms with E-state index in [0.29, 0.717) is 13.0 Å². The Morgan fingerprint density at radius 3 is 2.36 bits per heavy atom. The van der Waals surface area contributed by atoms with Crippen molar-refractivity contribution in [2.75, 3.05) is 11.4 Å². The fraction of sp³-hybridized carbons (Fsp3) is 0.278. The van der Waals surface area contributed by atoms with Crippen LogP contribution in [0.25, 0.3) is 0 Å². The zero-order valence-corrected chi connectivity index (χ0v) is 12.1. The summed E-state index contributed by atoms with van der Waals surface area (Å²) in [5.41, 5.74) is 0.959. The molecule has 1 aliphatic heterocycles. The molecule has 22 heavy (non-hydrogen) atoms. The van der Waals surface area contributed by atoms with E-state index < -0.39 is 11.6 Å². The Labute approximate surface area is 128 Å². The minimum atomic E-state index is -0.686. The largest absolute Gasteiger partial charge is 0.307 e. The number of para-hydroxylation sites is 1. The third-order valence-electron chi connectivity index (χ3n) is 4.08. The first-order valence-corrected chi connectivity index (χ1v) is 7.43. The van der Waals surface area contributed by atoms with Crippen LogP contribution < -0.4 is 4.90 Å². The van der Waals surface area contributed by atoms with Gasteiger partial charge in [0, 0.05) is 13.0 Å². The Hall–Kier alpha value is -2.23. The highest BCUT2D eigenvalue weighted by Gasteiger charge is 2.30. The van der Waals surface area contributed by atoms with Gasteiger partial charge < -0.3 is 4.90 Å². The number of benzene rings is 2. The summed E-state index contributed by atoms with van der Waals surface area (Å²) in [6.45, 7) is 0.353. The minimum absolute atomic E-state index is 0.208. The highest BCUT2D eigenvalue weighted by molar-refractivity contribution is 5.94. The zero-order chi connectivity index (χ0) is 15.5. The quantitative estimate of drug-likeness (QED) is 0.840. The molecule has 1 aliphatic rings. The van der Waals surface area contributed by atoms with Crippen LogP contribution in [0.4, 0.5) is 14.5 Å². The van der Waals surface area contributed by atoms with Gasteiger partial charge in [-0.15, -0.1) is 0 Å². The molecule has 0 N–H and O–H groups in total. The van der Waals surface area contributed by atoms with Crippen LogP contribution >= 0.6 is 0 Å². The van der Waals surface area contributed by atoms with Gasteiger partial charge in [0.05, 0.1) is 0 Å². The van der Waals surface area contributed by atoms with Gasteiger partial charge in [-0.1, -0.05) is 36.4 Å². The van der Waals surface area contributed by atoms with Crippen LogP contribution in [-0.2, 0) is 11.2 Å². The fourth-order valence-corrected chi connectivity index (χ4v) is 2.99. The molecule has 2 aromatic carbocycles. The van der Waals surface area contributed by atoms with E-state index in [1.54, 1.807) is 0 Å². The van der Waals surface area contributed by atoms with E-state index in [1.807, 2.05) is 30.3 Å². The number of halogens is 2. The van der Waals surface area contributed by atoms with E-state index in [-0.39, 0.29) is 17.5 Å². The first-order chi connectivity index (χ1) is 10.6. The van der Waals surface area contributed by atoms with Crippen LogP contribution in [0.3, 0.4) is 0 Å². The Balaban J connectivity index is 1.81. The average Bonchev–Trinajstić information content (AvgIpc) is 2.51. The SMILES string of the molecule is O=C1CCC(Cc2ccccc2)CN1c1c(F)cccc1F. The molecule has 1 atom stereocenters. The highest BCUT2D eigenvalue weighted by Crippen LogP contribution is 2.30. The number of hydrogen-bond donors (Lipinski definition) is 0. The lowest BCUT2D eigenvalue weighted by molar-refractivity contribution is -0.120. The third-order valence-corrected chi connectivity index (χ3v) is 4.08. The zero-order valence-electron chi connectivity index (χ0n) is 12.1. The number of hydrogen-bond acceptors (Lipinski definition) is 1. The van der Waals surface area contributed by atoms with Crippen molar-refractivity contribution in [2.24, 2.45) is 5.92 Å². The molecule has 1 heterocycles. The topological polar surface area (TPSA) is 20.3 Å². The van der Waals surface area contributed by atoms with Gasteiger partial charge in [-0.25, -0.2) is 8.78 Å². The summed E-state index contributed by atoms with van der Waals surface area (Å²) in [5.74, 6) is -1.38. The number of rotatable bonds is 3. The van der Waals surface area contributed by atoms with Crippen LogP contribution in [0.15, 0.2) is 48.5 Å². The number of nitrogens with zero attached hydrogens (tertiary/aromatic N) is 1. The van der Waals surface area contributed by atoms with Crippen LogP contribution in [0, 0.1) is 17.6 Å². The lowest BCUT2D eigenvalue weighted by atomic mass is 9.90. The van der Waals surface area contributed by atoms with E-state index in [4.69, 9.17) is 0 Å². The monoisotopic (exact) mass is 301 g/mol. The Kier molecular flexibility index (Phi) is 4.18. The van der Waals surface area contributed by atoms with Crippen LogP contribution in [0.1, 0.15) is 18.4 Å². The number of piperidine rings is 1. The highest BCUT2D eigenvalue weighted by atomic mass is 19.1. The van der Waals surface area contributed by atoms with Crippen molar-refractivity contribution < 1.29 is 13.6 Å². The summed E-state index contributed by atoms with van der Waals surface area (Å²) in [4.78, 5) is 13.4. The predicted molar refractivity (Wildman–Crippen MR) is 81.6 cm³/mol. The second-order valence-electron chi connectivity index (χ2n) is 5.67. The van der Waals surface area contributed by atoms with Crippen LogP contribution in [-0.4, -0.2) is 12.5 Å². The van der Waals surface area contributed by atoms with Crippen molar-refractivity contribution in [3.63, 3.8) is 0 Å². The van der Waals surface area contributed by atoms with Gasteiger partial charge in [0.2, 0.25) is 5.91 Å². The maximum Gasteiger partial charge on any atom is 0.227 e. The van der Waals surface area contributed by atoms with Gasteiger partial charge in [0.1, 0.15) is 17.3 Å². The average molecular weight is 301 g/mol. The second kappa shape index (κ2) is 6.26. The fourth-order valence-electron chi connectivity index (χ4n) is 2.99. The van der Waals surface area contributed by atoms with Gasteiger partial charge in [-0.05, 0) is 36.5 Å². The number of amides is 1. The molecule has 0 spiro atoms. The molecule has 1 saturated heterocycles. The maximum absolute atomic E-state index is 13.9. The number of carbonyl (C=O) groups excluding carboxylic acids is 1. The molecule has 0 aromatic heterocycles. The summed E-state index contributed by atoms with van der Waals surface area (Å²) in [6.07, 6.45) is 1.88. The van der Waals surface area contributed by atoms with Crippen molar-refractivity contribution in [2.45, 2.75) is 19.3 Å². The predicted octanol–water partition coefficient (Wildman–Crippen LogP) is 3.95. The minimum Gasteiger partial charge on any atom is -0.307 e. The van der Waals surface area contributed by atoms with Crippen LogP contribution in [0.5, 0.6) is 0 Å². The molecule has 0 radical (unpaired) electrons. The molecule has 114 valence electrons. The van der Waals surface area contributed by atoms with Crippen molar-refractivity contribution >= 4 is 11.6 Å². The van der Waals surface area contributed by atoms with Gasteiger partial charge in [0.25, 0.3) is 0 Å². The first-order valence-electron chi connectivity index (χ1n) is 7.43. The molecule has 1 unspecified atom stereocenters. The van der Waals surface area contributed by atoms with Crippen LogP contribution in [0.2, 0.25) is 0 Å². The van der Waals surface area contributed by atoms with Crippen molar-refractivity contribution in [1.82, 2.24) is 0 Å². The molecule has 2 aromatic rings. The Morgan fingerprint density at radius 1 is 1.00 bits per heavy atom. The molecule has 2 nitrogen and oxygen atoms in total. The van der Waals surface area contributed by atoms with E-state index >= 15 is 0 Å². The number of anilines is 1. The lowest BCUT2D eigenvalue weighted by Crippen LogP contribution is -2.41. The molecular formula is C18H17F2NO. The molecule has 4 heteroatoms. The lowest BCUT2D eigenvalue weighted by Gasteiger charge is -2.33. The number of carbonyl (C=O) groups is 1. The van der Waals surface area contributed by atoms with Crippen molar-refractivity contribution in [3.05, 3.63) is 65.7 Å². The van der Waals surface area contributed by atoms with E-state index in [2.05, 4.69) is 0 Å². The normalized spacial score (nSPS) is 18.5. The smallest absolute Gasteiger partial charge is 0.227 e. The third kappa shape index (κ3) is 3.01. The van der Waals surface area contributed by atoms with Gasteiger partial charge in [-0.2, -0.15) is 0 Å². The molecule has 0 saturated carbocycles. The summed E-state index contributed by atoms with van der Waals surface area (Å²) in [7, 11) is 0. The molecule has 3 rings (SSSR count). The van der Waals surface area contributed by atoms with Gasteiger partial charge in [-0.3, -0.25) is 4.79 Å². The molecule has 0 bridgehead atoms. The maximum atomic E-state index is 13.9. The Bertz CT molecular complexity index is 652. The molecule has 1 fully saturated rings. The summed E-state index contributed by atoms with van der Waals surface area (Å²) < 4.78 is 27.9. The molecule has 1 amide bonds. The van der Waals surface area contributed by atoms with Gasteiger partial charge in [0.15, 0.2) is 0 Å².